The molecule has 20 heavy (non-hydrogen) atoms. The normalized spacial score (nSPS) is 14.3. The number of rotatable bonds is 7. The number of carboxylic acids is 1. The number of carboxylic acid groups (broad SMARTS) is 1. The van der Waals surface area contributed by atoms with E-state index in [1.807, 2.05) is 7.05 Å². The molecule has 1 aliphatic carbocycles. The largest absolute Gasteiger partial charge is 0.478 e. The van der Waals surface area contributed by atoms with Crippen LogP contribution in [0, 0.1) is 10.1 Å². The Morgan fingerprint density at radius 2 is 2.35 bits per heavy atom. The van der Waals surface area contributed by atoms with Gasteiger partial charge in [0, 0.05) is 25.2 Å². The smallest absolute Gasteiger partial charge is 0.339 e. The molecule has 0 radical (unpaired) electrons. The molecule has 2 rings (SSSR count). The summed E-state index contributed by atoms with van der Waals surface area (Å²) in [6, 6.07) is 1.64. The first-order valence-corrected chi connectivity index (χ1v) is 6.31. The molecule has 1 aromatic rings. The predicted octanol–water partition coefficient (Wildman–Crippen LogP) is 1.19. The van der Waals surface area contributed by atoms with Gasteiger partial charge in [0.25, 0.3) is 5.69 Å². The monoisotopic (exact) mass is 280 g/mol. The summed E-state index contributed by atoms with van der Waals surface area (Å²) in [5.41, 5.74) is -0.517. The van der Waals surface area contributed by atoms with Crippen molar-refractivity contribution in [3.63, 3.8) is 0 Å². The summed E-state index contributed by atoms with van der Waals surface area (Å²) in [7, 11) is 2.01. The third-order valence-corrected chi connectivity index (χ3v) is 3.24. The van der Waals surface area contributed by atoms with Crippen LogP contribution >= 0.6 is 0 Å². The molecule has 1 saturated carbocycles. The summed E-state index contributed by atoms with van der Waals surface area (Å²) in [4.78, 5) is 27.1. The summed E-state index contributed by atoms with van der Waals surface area (Å²) >= 11 is 0. The molecule has 0 aliphatic heterocycles. The van der Waals surface area contributed by atoms with Crippen LogP contribution in [0.2, 0.25) is 0 Å². The highest BCUT2D eigenvalue weighted by atomic mass is 16.6. The SMILES string of the molecule is CN(CCNc1ncc([N+](=O)[O-])cc1C(=O)O)C1CC1. The Labute approximate surface area is 115 Å². The molecular weight excluding hydrogens is 264 g/mol. The van der Waals surface area contributed by atoms with E-state index in [0.29, 0.717) is 12.6 Å². The molecule has 8 heteroatoms. The van der Waals surface area contributed by atoms with Crippen molar-refractivity contribution >= 4 is 17.5 Å². The van der Waals surface area contributed by atoms with Crippen LogP contribution in [0.3, 0.4) is 0 Å². The number of hydrogen-bond acceptors (Lipinski definition) is 6. The van der Waals surface area contributed by atoms with Crippen LogP contribution < -0.4 is 5.32 Å². The van der Waals surface area contributed by atoms with E-state index in [9.17, 15) is 14.9 Å². The fourth-order valence-electron chi connectivity index (χ4n) is 1.91. The molecule has 1 aromatic heterocycles. The minimum absolute atomic E-state index is 0.160. The Bertz CT molecular complexity index is 530. The van der Waals surface area contributed by atoms with Crippen molar-refractivity contribution < 1.29 is 14.8 Å². The zero-order valence-corrected chi connectivity index (χ0v) is 11.1. The van der Waals surface area contributed by atoms with E-state index >= 15 is 0 Å². The van der Waals surface area contributed by atoms with Crippen LogP contribution in [0.1, 0.15) is 23.2 Å². The summed E-state index contributed by atoms with van der Waals surface area (Å²) in [6.45, 7) is 1.31. The molecule has 1 aliphatic rings. The first-order valence-electron chi connectivity index (χ1n) is 6.31. The van der Waals surface area contributed by atoms with Gasteiger partial charge < -0.3 is 15.3 Å². The molecule has 108 valence electrons. The van der Waals surface area contributed by atoms with Crippen LogP contribution in [0.5, 0.6) is 0 Å². The van der Waals surface area contributed by atoms with Gasteiger partial charge in [-0.1, -0.05) is 0 Å². The molecule has 0 amide bonds. The number of nitro groups is 1. The number of anilines is 1. The quantitative estimate of drug-likeness (QED) is 0.570. The molecule has 0 unspecified atom stereocenters. The number of carbonyl (C=O) groups is 1. The second-order valence-corrected chi connectivity index (χ2v) is 4.79. The maximum absolute atomic E-state index is 11.1. The van der Waals surface area contributed by atoms with Crippen LogP contribution in [0.25, 0.3) is 0 Å². The zero-order valence-electron chi connectivity index (χ0n) is 11.1. The lowest BCUT2D eigenvalue weighted by atomic mass is 10.2. The standard InChI is InChI=1S/C12H16N4O4/c1-15(8-2-3-8)5-4-13-11-10(12(17)18)6-9(7-14-11)16(19)20/h6-8H,2-5H2,1H3,(H,13,14)(H,17,18). The number of hydrogen-bond donors (Lipinski definition) is 2. The van der Waals surface area contributed by atoms with Gasteiger partial charge in [-0.05, 0) is 19.9 Å². The lowest BCUT2D eigenvalue weighted by Crippen LogP contribution is -2.27. The van der Waals surface area contributed by atoms with Crippen molar-refractivity contribution in [2.75, 3.05) is 25.5 Å². The van der Waals surface area contributed by atoms with E-state index < -0.39 is 10.9 Å². The van der Waals surface area contributed by atoms with E-state index in [1.54, 1.807) is 0 Å². The highest BCUT2D eigenvalue weighted by Crippen LogP contribution is 2.25. The Morgan fingerprint density at radius 1 is 1.65 bits per heavy atom. The second kappa shape index (κ2) is 5.83. The molecule has 1 fully saturated rings. The maximum atomic E-state index is 11.1. The van der Waals surface area contributed by atoms with Crippen molar-refractivity contribution in [2.45, 2.75) is 18.9 Å². The van der Waals surface area contributed by atoms with Gasteiger partial charge in [0.1, 0.15) is 17.6 Å². The molecule has 8 nitrogen and oxygen atoms in total. The fraction of sp³-hybridized carbons (Fsp3) is 0.500. The lowest BCUT2D eigenvalue weighted by Gasteiger charge is -2.16. The highest BCUT2D eigenvalue weighted by Gasteiger charge is 2.25. The minimum atomic E-state index is -1.24. The fourth-order valence-corrected chi connectivity index (χ4v) is 1.91. The topological polar surface area (TPSA) is 109 Å². The third-order valence-electron chi connectivity index (χ3n) is 3.24. The number of nitrogens with zero attached hydrogens (tertiary/aromatic N) is 3. The Kier molecular flexibility index (Phi) is 4.14. The first kappa shape index (κ1) is 14.2. The van der Waals surface area contributed by atoms with Crippen molar-refractivity contribution in [3.05, 3.63) is 27.9 Å². The summed E-state index contributed by atoms with van der Waals surface area (Å²) < 4.78 is 0. The molecular formula is C12H16N4O4. The molecule has 0 atom stereocenters. The van der Waals surface area contributed by atoms with Crippen molar-refractivity contribution in [2.24, 2.45) is 0 Å². The Balaban J connectivity index is 2.02. The average Bonchev–Trinajstić information content (AvgIpc) is 3.22. The van der Waals surface area contributed by atoms with Crippen molar-refractivity contribution in [1.29, 1.82) is 0 Å². The van der Waals surface area contributed by atoms with E-state index in [0.717, 1.165) is 18.8 Å². The number of nitrogens with one attached hydrogen (secondary N) is 1. The molecule has 0 saturated heterocycles. The Hall–Kier alpha value is -2.22. The number of aromatic carboxylic acids is 1. The molecule has 2 N–H and O–H groups in total. The zero-order chi connectivity index (χ0) is 14.7. The van der Waals surface area contributed by atoms with Gasteiger partial charge in [0.15, 0.2) is 0 Å². The van der Waals surface area contributed by atoms with Crippen LogP contribution in [0.15, 0.2) is 12.3 Å². The second-order valence-electron chi connectivity index (χ2n) is 4.79. The van der Waals surface area contributed by atoms with E-state index in [-0.39, 0.29) is 17.1 Å². The van der Waals surface area contributed by atoms with Gasteiger partial charge in [0.05, 0.1) is 4.92 Å². The minimum Gasteiger partial charge on any atom is -0.478 e. The van der Waals surface area contributed by atoms with Crippen molar-refractivity contribution in [1.82, 2.24) is 9.88 Å². The summed E-state index contributed by atoms with van der Waals surface area (Å²) in [5, 5.41) is 22.6. The Morgan fingerprint density at radius 3 is 2.90 bits per heavy atom. The van der Waals surface area contributed by atoms with Crippen molar-refractivity contribution in [3.8, 4) is 0 Å². The summed E-state index contributed by atoms with van der Waals surface area (Å²) in [5.74, 6) is -1.08. The van der Waals surface area contributed by atoms with E-state index in [4.69, 9.17) is 5.11 Å². The van der Waals surface area contributed by atoms with E-state index in [2.05, 4.69) is 15.2 Å². The molecule has 0 bridgehead atoms. The van der Waals surface area contributed by atoms with Gasteiger partial charge in [-0.25, -0.2) is 9.78 Å². The number of pyridine rings is 1. The van der Waals surface area contributed by atoms with Crippen LogP contribution in [-0.2, 0) is 0 Å². The van der Waals surface area contributed by atoms with Gasteiger partial charge >= 0.3 is 5.97 Å². The molecule has 1 heterocycles. The average molecular weight is 280 g/mol. The first-order chi connectivity index (χ1) is 9.49. The number of likely N-dealkylation sites (N-methyl/N-ethyl adjacent to an activating group) is 1. The molecule has 0 spiro atoms. The lowest BCUT2D eigenvalue weighted by molar-refractivity contribution is -0.385. The predicted molar refractivity (Wildman–Crippen MR) is 72.0 cm³/mol. The van der Waals surface area contributed by atoms with Crippen LogP contribution in [0.4, 0.5) is 11.5 Å². The maximum Gasteiger partial charge on any atom is 0.339 e. The summed E-state index contributed by atoms with van der Waals surface area (Å²) in [6.07, 6.45) is 3.46. The highest BCUT2D eigenvalue weighted by molar-refractivity contribution is 5.93. The van der Waals surface area contributed by atoms with Gasteiger partial charge in [0.2, 0.25) is 0 Å². The van der Waals surface area contributed by atoms with Gasteiger partial charge in [-0.2, -0.15) is 0 Å². The third kappa shape index (κ3) is 3.41. The van der Waals surface area contributed by atoms with Crippen LogP contribution in [-0.4, -0.2) is 52.1 Å². The molecule has 0 aromatic carbocycles. The van der Waals surface area contributed by atoms with Gasteiger partial charge in [-0.3, -0.25) is 10.1 Å². The van der Waals surface area contributed by atoms with E-state index in [1.165, 1.54) is 12.8 Å². The number of aromatic nitrogens is 1. The van der Waals surface area contributed by atoms with Gasteiger partial charge in [-0.15, -0.1) is 0 Å².